The number of aliphatic hydroxyl groups is 1. The number of hydrogen-bond acceptors (Lipinski definition) is 3. The van der Waals surface area contributed by atoms with Crippen LogP contribution in [-0.4, -0.2) is 22.4 Å². The largest absolute Gasteiger partial charge is 0.389 e. The maximum atomic E-state index is 11.7. The van der Waals surface area contributed by atoms with Crippen LogP contribution in [0.15, 0.2) is 22.8 Å². The third-order valence-electron chi connectivity index (χ3n) is 7.52. The van der Waals surface area contributed by atoms with Gasteiger partial charge in [0.2, 0.25) is 5.91 Å². The summed E-state index contributed by atoms with van der Waals surface area (Å²) in [6.45, 7) is 2.17. The van der Waals surface area contributed by atoms with E-state index in [2.05, 4.69) is 6.92 Å². The van der Waals surface area contributed by atoms with E-state index in [0.717, 1.165) is 38.5 Å². The fraction of sp³-hybridized carbons (Fsp3) is 0.700. The second-order valence-corrected chi connectivity index (χ2v) is 8.52. The molecule has 0 aromatic carbocycles. The molecule has 0 aromatic rings. The van der Waals surface area contributed by atoms with Gasteiger partial charge in [0, 0.05) is 11.8 Å². The van der Waals surface area contributed by atoms with Gasteiger partial charge in [0.05, 0.1) is 12.0 Å². The van der Waals surface area contributed by atoms with Crippen LogP contribution in [-0.2, 0) is 9.59 Å². The monoisotopic (exact) mass is 329 g/mol. The lowest BCUT2D eigenvalue weighted by molar-refractivity contribution is -0.133. The molecular formula is C20H27NO3. The van der Waals surface area contributed by atoms with Gasteiger partial charge in [-0.2, -0.15) is 0 Å². The van der Waals surface area contributed by atoms with Crippen molar-refractivity contribution < 1.29 is 14.7 Å². The van der Waals surface area contributed by atoms with Crippen LogP contribution >= 0.6 is 0 Å². The molecule has 0 aromatic heterocycles. The molecule has 0 saturated heterocycles. The Balaban J connectivity index is 1.70. The number of ketones is 1. The Bertz CT molecular complexity index is 676. The highest BCUT2D eigenvalue weighted by atomic mass is 16.3. The van der Waals surface area contributed by atoms with Crippen LogP contribution < -0.4 is 5.73 Å². The highest BCUT2D eigenvalue weighted by molar-refractivity contribution is 5.93. The van der Waals surface area contributed by atoms with E-state index in [1.807, 2.05) is 6.08 Å². The number of carbonyl (C=O) groups is 2. The van der Waals surface area contributed by atoms with Crippen molar-refractivity contribution in [2.75, 3.05) is 0 Å². The first-order valence-corrected chi connectivity index (χ1v) is 9.30. The third-order valence-corrected chi connectivity index (χ3v) is 7.52. The van der Waals surface area contributed by atoms with E-state index >= 15 is 0 Å². The van der Waals surface area contributed by atoms with Gasteiger partial charge in [-0.3, -0.25) is 9.59 Å². The molecule has 2 saturated carbocycles. The zero-order chi connectivity index (χ0) is 17.1. The quantitative estimate of drug-likeness (QED) is 0.817. The average Bonchev–Trinajstić information content (AvgIpc) is 2.77. The van der Waals surface area contributed by atoms with E-state index < -0.39 is 11.5 Å². The lowest BCUT2D eigenvalue weighted by Crippen LogP contribution is -2.51. The minimum absolute atomic E-state index is 0.0816. The number of nitrogens with two attached hydrogens (primary N) is 1. The highest BCUT2D eigenvalue weighted by Gasteiger charge is 2.60. The zero-order valence-corrected chi connectivity index (χ0v) is 14.4. The van der Waals surface area contributed by atoms with Gasteiger partial charge in [-0.05, 0) is 74.0 Å². The lowest BCUT2D eigenvalue weighted by Gasteiger charge is -2.51. The topological polar surface area (TPSA) is 80.4 Å². The normalized spacial score (nSPS) is 41.4. The number of allylic oxidation sites excluding steroid dienone is 4. The molecule has 4 heteroatoms. The first-order chi connectivity index (χ1) is 11.3. The summed E-state index contributed by atoms with van der Waals surface area (Å²) < 4.78 is 0. The van der Waals surface area contributed by atoms with Gasteiger partial charge >= 0.3 is 0 Å². The molecule has 130 valence electrons. The number of fused-ring (bicyclic) bond motifs is 4. The van der Waals surface area contributed by atoms with Gasteiger partial charge in [-0.1, -0.05) is 12.5 Å². The molecule has 24 heavy (non-hydrogen) atoms. The Morgan fingerprint density at radius 1 is 1.25 bits per heavy atom. The number of carbonyl (C=O) groups excluding carboxylic acids is 2. The van der Waals surface area contributed by atoms with Crippen LogP contribution in [0, 0.1) is 17.3 Å². The number of primary amides is 1. The summed E-state index contributed by atoms with van der Waals surface area (Å²) in [5.41, 5.74) is 8.52. The maximum Gasteiger partial charge on any atom is 0.220 e. The van der Waals surface area contributed by atoms with Crippen molar-refractivity contribution in [3.05, 3.63) is 22.8 Å². The molecule has 0 spiro atoms. The Hall–Kier alpha value is -1.42. The van der Waals surface area contributed by atoms with Gasteiger partial charge in [-0.25, -0.2) is 0 Å². The molecular weight excluding hydrogens is 302 g/mol. The average molecular weight is 329 g/mol. The number of rotatable bonds is 2. The van der Waals surface area contributed by atoms with Gasteiger partial charge in [0.15, 0.2) is 5.78 Å². The first kappa shape index (κ1) is 16.1. The summed E-state index contributed by atoms with van der Waals surface area (Å²) in [7, 11) is 0. The fourth-order valence-electron chi connectivity index (χ4n) is 6.22. The van der Waals surface area contributed by atoms with Crippen molar-refractivity contribution in [2.24, 2.45) is 23.0 Å². The van der Waals surface area contributed by atoms with Gasteiger partial charge < -0.3 is 10.8 Å². The van der Waals surface area contributed by atoms with Crippen LogP contribution in [0.4, 0.5) is 0 Å². The van der Waals surface area contributed by atoms with Gasteiger partial charge in [0.25, 0.3) is 0 Å². The summed E-state index contributed by atoms with van der Waals surface area (Å²) in [6, 6.07) is 0. The summed E-state index contributed by atoms with van der Waals surface area (Å²) in [4.78, 5) is 23.2. The Kier molecular flexibility index (Phi) is 3.54. The molecule has 3 N–H and O–H groups in total. The molecule has 0 aliphatic heterocycles. The molecule has 4 aliphatic carbocycles. The van der Waals surface area contributed by atoms with Crippen molar-refractivity contribution in [2.45, 2.75) is 70.3 Å². The van der Waals surface area contributed by atoms with E-state index in [-0.39, 0.29) is 17.6 Å². The standard InChI is InChI=1S/C20H27NO3/c1-19-8-6-15-14-5-3-13(22)10-12(14)2-4-16(15)17(19)7-9-20(19,24)11-18(21)23/h10,16-17,24H,2-9,11H2,1H3,(H2,21,23)/t16-,17+,19+,20-/m1/s1. The van der Waals surface area contributed by atoms with Crippen molar-refractivity contribution in [3.8, 4) is 0 Å². The maximum absolute atomic E-state index is 11.7. The molecule has 2 fully saturated rings. The number of hydrogen-bond donors (Lipinski definition) is 2. The second kappa shape index (κ2) is 5.29. The Labute approximate surface area is 143 Å². The summed E-state index contributed by atoms with van der Waals surface area (Å²) in [6.07, 6.45) is 9.09. The van der Waals surface area contributed by atoms with Crippen LogP contribution in [0.3, 0.4) is 0 Å². The molecule has 0 radical (unpaired) electrons. The highest BCUT2D eigenvalue weighted by Crippen LogP contribution is 2.64. The first-order valence-electron chi connectivity index (χ1n) is 9.30. The van der Waals surface area contributed by atoms with Gasteiger partial charge in [-0.15, -0.1) is 0 Å². The van der Waals surface area contributed by atoms with E-state index in [9.17, 15) is 14.7 Å². The molecule has 1 amide bonds. The zero-order valence-electron chi connectivity index (χ0n) is 14.4. The van der Waals surface area contributed by atoms with E-state index in [1.165, 1.54) is 11.1 Å². The predicted octanol–water partition coefficient (Wildman–Crippen LogP) is 2.80. The molecule has 4 atom stereocenters. The van der Waals surface area contributed by atoms with Crippen LogP contribution in [0.1, 0.15) is 64.7 Å². The molecule has 0 unspecified atom stereocenters. The predicted molar refractivity (Wildman–Crippen MR) is 90.9 cm³/mol. The van der Waals surface area contributed by atoms with E-state index in [4.69, 9.17) is 5.73 Å². The van der Waals surface area contributed by atoms with Crippen molar-refractivity contribution in [3.63, 3.8) is 0 Å². The van der Waals surface area contributed by atoms with Crippen LogP contribution in [0.2, 0.25) is 0 Å². The van der Waals surface area contributed by atoms with Crippen molar-refractivity contribution in [1.29, 1.82) is 0 Å². The minimum atomic E-state index is -0.946. The Morgan fingerprint density at radius 3 is 2.79 bits per heavy atom. The van der Waals surface area contributed by atoms with Crippen molar-refractivity contribution >= 4 is 11.7 Å². The second-order valence-electron chi connectivity index (χ2n) is 8.52. The molecule has 0 bridgehead atoms. The van der Waals surface area contributed by atoms with Crippen LogP contribution in [0.5, 0.6) is 0 Å². The van der Waals surface area contributed by atoms with E-state index in [1.54, 1.807) is 5.57 Å². The molecule has 4 rings (SSSR count). The molecule has 0 heterocycles. The Morgan fingerprint density at radius 2 is 2.04 bits per heavy atom. The van der Waals surface area contributed by atoms with Crippen molar-refractivity contribution in [1.82, 2.24) is 0 Å². The fourth-order valence-corrected chi connectivity index (χ4v) is 6.22. The lowest BCUT2D eigenvalue weighted by atomic mass is 9.54. The molecule has 4 nitrogen and oxygen atoms in total. The van der Waals surface area contributed by atoms with E-state index in [0.29, 0.717) is 24.7 Å². The number of amides is 1. The molecule has 4 aliphatic rings. The third kappa shape index (κ3) is 2.15. The summed E-state index contributed by atoms with van der Waals surface area (Å²) in [5, 5.41) is 11.2. The van der Waals surface area contributed by atoms with Gasteiger partial charge in [0.1, 0.15) is 0 Å². The SMILES string of the molecule is C[C@]12CCC3=C4CCC(=O)C=C4CC[C@H]3[C@@H]1CC[C@@]2(O)CC(N)=O. The summed E-state index contributed by atoms with van der Waals surface area (Å²) in [5.74, 6) is 0.802. The van der Waals surface area contributed by atoms with Crippen LogP contribution in [0.25, 0.3) is 0 Å². The minimum Gasteiger partial charge on any atom is -0.389 e. The summed E-state index contributed by atoms with van der Waals surface area (Å²) >= 11 is 0. The smallest absolute Gasteiger partial charge is 0.220 e.